The highest BCUT2D eigenvalue weighted by Crippen LogP contribution is 2.30. The second-order valence-corrected chi connectivity index (χ2v) is 7.67. The van der Waals surface area contributed by atoms with E-state index in [1.165, 1.54) is 19.3 Å². The first-order chi connectivity index (χ1) is 13.2. The topological polar surface area (TPSA) is 71.2 Å². The van der Waals surface area contributed by atoms with Gasteiger partial charge in [0.25, 0.3) is 0 Å². The van der Waals surface area contributed by atoms with Gasteiger partial charge in [-0.15, -0.1) is 0 Å². The summed E-state index contributed by atoms with van der Waals surface area (Å²) in [5.74, 6) is 1.60. The molecule has 1 aliphatic heterocycles. The van der Waals surface area contributed by atoms with Crippen LogP contribution in [0, 0.1) is 0 Å². The fraction of sp³-hybridized carbons (Fsp3) is 0.571. The van der Waals surface area contributed by atoms with Gasteiger partial charge in [-0.25, -0.2) is 9.67 Å². The highest BCUT2D eigenvalue weighted by Gasteiger charge is 2.26. The van der Waals surface area contributed by atoms with Gasteiger partial charge in [0.1, 0.15) is 11.9 Å². The number of carbonyl (C=O) groups is 1. The van der Waals surface area contributed by atoms with Gasteiger partial charge in [0.05, 0.1) is 6.04 Å². The molecule has 0 radical (unpaired) electrons. The number of likely N-dealkylation sites (tertiary alicyclic amines) is 1. The zero-order valence-corrected chi connectivity index (χ0v) is 15.8. The Morgan fingerprint density at radius 2 is 1.89 bits per heavy atom. The Hall–Kier alpha value is -2.21. The third kappa shape index (κ3) is 4.05. The highest BCUT2D eigenvalue weighted by molar-refractivity contribution is 5.78. The molecule has 1 aromatic carbocycles. The molecule has 1 N–H and O–H groups in total. The maximum absolute atomic E-state index is 11.9. The van der Waals surface area contributed by atoms with Gasteiger partial charge < -0.3 is 10.0 Å². The number of aliphatic hydroxyl groups is 1. The zero-order valence-electron chi connectivity index (χ0n) is 15.8. The molecule has 1 aromatic heterocycles. The van der Waals surface area contributed by atoms with E-state index < -0.39 is 6.10 Å². The first kappa shape index (κ1) is 18.2. The molecule has 1 saturated carbocycles. The highest BCUT2D eigenvalue weighted by atomic mass is 16.3. The van der Waals surface area contributed by atoms with Gasteiger partial charge in [0.2, 0.25) is 5.91 Å². The molecule has 6 heteroatoms. The van der Waals surface area contributed by atoms with Gasteiger partial charge in [-0.1, -0.05) is 49.6 Å². The molecule has 1 aliphatic carbocycles. The fourth-order valence-corrected chi connectivity index (χ4v) is 4.24. The van der Waals surface area contributed by atoms with Crippen LogP contribution < -0.4 is 0 Å². The van der Waals surface area contributed by atoms with E-state index in [0.717, 1.165) is 37.2 Å². The van der Waals surface area contributed by atoms with Gasteiger partial charge in [0.15, 0.2) is 5.82 Å². The Morgan fingerprint density at radius 1 is 1.11 bits per heavy atom. The number of hydrogen-bond acceptors (Lipinski definition) is 4. The predicted molar refractivity (Wildman–Crippen MR) is 102 cm³/mol. The van der Waals surface area contributed by atoms with Crippen molar-refractivity contribution in [1.82, 2.24) is 19.7 Å². The van der Waals surface area contributed by atoms with Crippen molar-refractivity contribution in [3.63, 3.8) is 0 Å². The lowest BCUT2D eigenvalue weighted by molar-refractivity contribution is -0.127. The normalized spacial score (nSPS) is 19.6. The minimum Gasteiger partial charge on any atom is -0.380 e. The molecule has 1 saturated heterocycles. The number of aromatic nitrogens is 3. The number of rotatable bonds is 6. The summed E-state index contributed by atoms with van der Waals surface area (Å²) in [6, 6.07) is 9.91. The summed E-state index contributed by atoms with van der Waals surface area (Å²) in [4.78, 5) is 18.6. The molecule has 2 aromatic rings. The molecule has 144 valence electrons. The van der Waals surface area contributed by atoms with Crippen LogP contribution in [0.3, 0.4) is 0 Å². The molecule has 1 amide bonds. The van der Waals surface area contributed by atoms with Crippen LogP contribution in [0.1, 0.15) is 74.3 Å². The molecule has 0 bridgehead atoms. The summed E-state index contributed by atoms with van der Waals surface area (Å²) in [7, 11) is 0. The van der Waals surface area contributed by atoms with Crippen LogP contribution in [0.4, 0.5) is 0 Å². The lowest BCUT2D eigenvalue weighted by atomic mass is 9.95. The summed E-state index contributed by atoms with van der Waals surface area (Å²) in [5.41, 5.74) is 0.805. The van der Waals surface area contributed by atoms with Crippen LogP contribution in [0.25, 0.3) is 0 Å². The number of amides is 1. The van der Waals surface area contributed by atoms with Crippen molar-refractivity contribution >= 4 is 5.91 Å². The van der Waals surface area contributed by atoms with Crippen LogP contribution in [0.5, 0.6) is 0 Å². The molecule has 6 nitrogen and oxygen atoms in total. The maximum atomic E-state index is 11.9. The predicted octanol–water partition coefficient (Wildman–Crippen LogP) is 3.03. The molecular weight excluding hydrogens is 340 g/mol. The van der Waals surface area contributed by atoms with Gasteiger partial charge >= 0.3 is 0 Å². The summed E-state index contributed by atoms with van der Waals surface area (Å²) in [6.45, 7) is 1.53. The largest absolute Gasteiger partial charge is 0.380 e. The smallest absolute Gasteiger partial charge is 0.222 e. The van der Waals surface area contributed by atoms with E-state index in [0.29, 0.717) is 31.3 Å². The van der Waals surface area contributed by atoms with Crippen LogP contribution in [-0.4, -0.2) is 43.8 Å². The summed E-state index contributed by atoms with van der Waals surface area (Å²) < 4.78 is 2.04. The van der Waals surface area contributed by atoms with Gasteiger partial charge in [-0.2, -0.15) is 5.10 Å². The average molecular weight is 368 g/mol. The number of benzene rings is 1. The lowest BCUT2D eigenvalue weighted by Crippen LogP contribution is -2.28. The molecular formula is C21H28N4O2. The molecule has 2 heterocycles. The molecule has 27 heavy (non-hydrogen) atoms. The van der Waals surface area contributed by atoms with Crippen LogP contribution in [0.2, 0.25) is 0 Å². The van der Waals surface area contributed by atoms with E-state index in [-0.39, 0.29) is 5.91 Å². The maximum Gasteiger partial charge on any atom is 0.222 e. The molecule has 2 aliphatic rings. The fourth-order valence-electron chi connectivity index (χ4n) is 4.24. The Kier molecular flexibility index (Phi) is 5.53. The van der Waals surface area contributed by atoms with Crippen molar-refractivity contribution in [2.45, 2.75) is 63.5 Å². The Morgan fingerprint density at radius 3 is 2.59 bits per heavy atom. The van der Waals surface area contributed by atoms with Gasteiger partial charge in [0, 0.05) is 25.9 Å². The molecule has 4 rings (SSSR count). The van der Waals surface area contributed by atoms with E-state index in [2.05, 4.69) is 0 Å². The van der Waals surface area contributed by atoms with E-state index in [1.807, 2.05) is 39.9 Å². The SMILES string of the molecule is O=C1CCCN1CCc1nc(C(O)c2ccccc2)nn1C1CCCCC1. The second kappa shape index (κ2) is 8.21. The van der Waals surface area contributed by atoms with Crippen LogP contribution >= 0.6 is 0 Å². The Labute approximate surface area is 160 Å². The molecule has 2 fully saturated rings. The summed E-state index contributed by atoms with van der Waals surface area (Å²) >= 11 is 0. The van der Waals surface area contributed by atoms with Gasteiger partial charge in [-0.05, 0) is 24.8 Å². The van der Waals surface area contributed by atoms with E-state index in [9.17, 15) is 9.90 Å². The first-order valence-electron chi connectivity index (χ1n) is 10.2. The minimum atomic E-state index is -0.816. The monoisotopic (exact) mass is 368 g/mol. The third-order valence-corrected chi connectivity index (χ3v) is 5.78. The Bertz CT molecular complexity index is 768. The van der Waals surface area contributed by atoms with Crippen molar-refractivity contribution < 1.29 is 9.90 Å². The van der Waals surface area contributed by atoms with Crippen LogP contribution in [0.15, 0.2) is 30.3 Å². The number of aliphatic hydroxyl groups excluding tert-OH is 1. The second-order valence-electron chi connectivity index (χ2n) is 7.67. The quantitative estimate of drug-likeness (QED) is 0.851. The van der Waals surface area contributed by atoms with E-state index in [1.54, 1.807) is 0 Å². The minimum absolute atomic E-state index is 0.239. The third-order valence-electron chi connectivity index (χ3n) is 5.78. The number of hydrogen-bond donors (Lipinski definition) is 1. The number of carbonyl (C=O) groups excluding carboxylic acids is 1. The van der Waals surface area contributed by atoms with Crippen molar-refractivity contribution in [2.24, 2.45) is 0 Å². The first-order valence-corrected chi connectivity index (χ1v) is 10.2. The summed E-state index contributed by atoms with van der Waals surface area (Å²) in [6.07, 6.45) is 7.41. The Balaban J connectivity index is 1.57. The zero-order chi connectivity index (χ0) is 18.6. The summed E-state index contributed by atoms with van der Waals surface area (Å²) in [5, 5.41) is 15.5. The average Bonchev–Trinajstić information content (AvgIpc) is 3.33. The lowest BCUT2D eigenvalue weighted by Gasteiger charge is -2.23. The van der Waals surface area contributed by atoms with E-state index >= 15 is 0 Å². The molecule has 0 spiro atoms. The molecule has 1 unspecified atom stereocenters. The van der Waals surface area contributed by atoms with Crippen molar-refractivity contribution in [3.8, 4) is 0 Å². The van der Waals surface area contributed by atoms with Crippen molar-refractivity contribution in [3.05, 3.63) is 47.5 Å². The van der Waals surface area contributed by atoms with Crippen molar-refractivity contribution in [2.75, 3.05) is 13.1 Å². The van der Waals surface area contributed by atoms with Crippen LogP contribution in [-0.2, 0) is 11.2 Å². The van der Waals surface area contributed by atoms with Gasteiger partial charge in [-0.3, -0.25) is 4.79 Å². The van der Waals surface area contributed by atoms with Crippen molar-refractivity contribution in [1.29, 1.82) is 0 Å². The molecule has 1 atom stereocenters. The standard InChI is InChI=1S/C21H28N4O2/c26-19-12-7-14-24(19)15-13-18-22-21(20(27)16-8-3-1-4-9-16)23-25(18)17-10-5-2-6-11-17/h1,3-4,8-9,17,20,27H,2,5-7,10-15H2. The van der Waals surface area contributed by atoms with E-state index in [4.69, 9.17) is 10.1 Å². The number of nitrogens with zero attached hydrogens (tertiary/aromatic N) is 4.